The van der Waals surface area contributed by atoms with Crippen LogP contribution in [0.5, 0.6) is 0 Å². The van der Waals surface area contributed by atoms with Gasteiger partial charge in [-0.15, -0.1) is 5.10 Å². The van der Waals surface area contributed by atoms with Gasteiger partial charge in [-0.05, 0) is 0 Å². The molecular formula is C8H14N4O2. The molecule has 0 bridgehead atoms. The SMILES string of the molecule is Cn1nncc1N1CCOCC(O)C1. The number of β-amino-alcohol motifs (C(OH)–C–C–N with tert-alkyl or cyclic N) is 1. The van der Waals surface area contributed by atoms with E-state index >= 15 is 0 Å². The summed E-state index contributed by atoms with van der Waals surface area (Å²) in [6.45, 7) is 2.36. The second kappa shape index (κ2) is 3.93. The quantitative estimate of drug-likeness (QED) is 0.628. The van der Waals surface area contributed by atoms with Crippen molar-refractivity contribution in [1.82, 2.24) is 15.0 Å². The molecule has 78 valence electrons. The van der Waals surface area contributed by atoms with E-state index in [1.54, 1.807) is 10.9 Å². The summed E-state index contributed by atoms with van der Waals surface area (Å²) in [7, 11) is 1.83. The molecule has 1 aromatic heterocycles. The van der Waals surface area contributed by atoms with Crippen LogP contribution < -0.4 is 4.90 Å². The molecule has 14 heavy (non-hydrogen) atoms. The van der Waals surface area contributed by atoms with Gasteiger partial charge in [0.05, 0.1) is 25.5 Å². The first-order valence-corrected chi connectivity index (χ1v) is 4.63. The Kier molecular flexibility index (Phi) is 2.64. The number of rotatable bonds is 1. The number of anilines is 1. The summed E-state index contributed by atoms with van der Waals surface area (Å²) in [5.74, 6) is 0.912. The van der Waals surface area contributed by atoms with Crippen LogP contribution in [-0.4, -0.2) is 52.5 Å². The van der Waals surface area contributed by atoms with Crippen LogP contribution >= 0.6 is 0 Å². The maximum atomic E-state index is 9.53. The molecule has 1 atom stereocenters. The minimum atomic E-state index is -0.438. The Morgan fingerprint density at radius 1 is 1.64 bits per heavy atom. The fraction of sp³-hybridized carbons (Fsp3) is 0.750. The summed E-state index contributed by atoms with van der Waals surface area (Å²) < 4.78 is 6.93. The van der Waals surface area contributed by atoms with Gasteiger partial charge in [-0.25, -0.2) is 4.68 Å². The van der Waals surface area contributed by atoms with Crippen molar-refractivity contribution in [3.63, 3.8) is 0 Å². The minimum absolute atomic E-state index is 0.405. The molecule has 2 heterocycles. The van der Waals surface area contributed by atoms with Gasteiger partial charge in [-0.2, -0.15) is 0 Å². The molecule has 1 N–H and O–H groups in total. The van der Waals surface area contributed by atoms with Gasteiger partial charge in [0.2, 0.25) is 0 Å². The average Bonchev–Trinajstić information content (AvgIpc) is 2.45. The van der Waals surface area contributed by atoms with E-state index < -0.39 is 6.10 Å². The molecule has 0 aliphatic carbocycles. The number of hydrogen-bond acceptors (Lipinski definition) is 5. The van der Waals surface area contributed by atoms with Crippen molar-refractivity contribution in [2.24, 2.45) is 7.05 Å². The summed E-state index contributed by atoms with van der Waals surface area (Å²) in [4.78, 5) is 2.03. The minimum Gasteiger partial charge on any atom is -0.389 e. The van der Waals surface area contributed by atoms with Gasteiger partial charge in [0.15, 0.2) is 0 Å². The van der Waals surface area contributed by atoms with Crippen molar-refractivity contribution < 1.29 is 9.84 Å². The van der Waals surface area contributed by atoms with E-state index in [4.69, 9.17) is 4.74 Å². The lowest BCUT2D eigenvalue weighted by Gasteiger charge is -2.22. The van der Waals surface area contributed by atoms with E-state index in [9.17, 15) is 5.11 Å². The van der Waals surface area contributed by atoms with Gasteiger partial charge in [-0.1, -0.05) is 5.21 Å². The summed E-state index contributed by atoms with van der Waals surface area (Å²) in [5, 5.41) is 17.2. The Morgan fingerprint density at radius 2 is 2.50 bits per heavy atom. The lowest BCUT2D eigenvalue weighted by Crippen LogP contribution is -2.33. The molecule has 2 rings (SSSR count). The third-order valence-corrected chi connectivity index (χ3v) is 2.26. The van der Waals surface area contributed by atoms with Crippen molar-refractivity contribution in [1.29, 1.82) is 0 Å². The van der Waals surface area contributed by atoms with Crippen molar-refractivity contribution in [3.05, 3.63) is 6.20 Å². The zero-order valence-corrected chi connectivity index (χ0v) is 8.13. The summed E-state index contributed by atoms with van der Waals surface area (Å²) in [6, 6.07) is 0. The van der Waals surface area contributed by atoms with Crippen LogP contribution in [0.15, 0.2) is 6.20 Å². The molecule has 6 heteroatoms. The van der Waals surface area contributed by atoms with Gasteiger partial charge >= 0.3 is 0 Å². The molecule has 0 amide bonds. The van der Waals surface area contributed by atoms with E-state index in [2.05, 4.69) is 10.3 Å². The van der Waals surface area contributed by atoms with Crippen LogP contribution in [-0.2, 0) is 11.8 Å². The summed E-state index contributed by atoms with van der Waals surface area (Å²) >= 11 is 0. The zero-order valence-electron chi connectivity index (χ0n) is 8.13. The first-order valence-electron chi connectivity index (χ1n) is 4.63. The predicted molar refractivity (Wildman–Crippen MR) is 50.0 cm³/mol. The molecule has 1 aliphatic rings. The highest BCUT2D eigenvalue weighted by Crippen LogP contribution is 2.12. The lowest BCUT2D eigenvalue weighted by atomic mass is 10.3. The second-order valence-electron chi connectivity index (χ2n) is 3.39. The van der Waals surface area contributed by atoms with Crippen LogP contribution in [0, 0.1) is 0 Å². The number of hydrogen-bond donors (Lipinski definition) is 1. The van der Waals surface area contributed by atoms with Crippen LogP contribution in [0.25, 0.3) is 0 Å². The molecular weight excluding hydrogens is 184 g/mol. The molecule has 1 aromatic rings. The Balaban J connectivity index is 2.13. The smallest absolute Gasteiger partial charge is 0.147 e. The fourth-order valence-corrected chi connectivity index (χ4v) is 1.57. The summed E-state index contributed by atoms with van der Waals surface area (Å²) in [5.41, 5.74) is 0. The largest absolute Gasteiger partial charge is 0.389 e. The van der Waals surface area contributed by atoms with Crippen LogP contribution in [0.1, 0.15) is 0 Å². The Hall–Kier alpha value is -1.14. The topological polar surface area (TPSA) is 63.4 Å². The third kappa shape index (κ3) is 1.85. The fourth-order valence-electron chi connectivity index (χ4n) is 1.57. The first kappa shape index (κ1) is 9.42. The predicted octanol–water partition coefficient (Wildman–Crippen LogP) is -0.987. The maximum Gasteiger partial charge on any atom is 0.147 e. The van der Waals surface area contributed by atoms with Gasteiger partial charge < -0.3 is 14.7 Å². The van der Waals surface area contributed by atoms with Crippen LogP contribution in [0.4, 0.5) is 5.82 Å². The molecule has 1 aliphatic heterocycles. The maximum absolute atomic E-state index is 9.53. The van der Waals surface area contributed by atoms with Gasteiger partial charge in [0, 0.05) is 20.1 Å². The molecule has 1 saturated heterocycles. The third-order valence-electron chi connectivity index (χ3n) is 2.26. The highest BCUT2D eigenvalue weighted by Gasteiger charge is 2.18. The number of aromatic nitrogens is 3. The number of aliphatic hydroxyl groups excluding tert-OH is 1. The zero-order chi connectivity index (χ0) is 9.97. The molecule has 0 radical (unpaired) electrons. The van der Waals surface area contributed by atoms with Gasteiger partial charge in [-0.3, -0.25) is 0 Å². The number of nitrogens with zero attached hydrogens (tertiary/aromatic N) is 4. The molecule has 1 fully saturated rings. The van der Waals surface area contributed by atoms with Gasteiger partial charge in [0.25, 0.3) is 0 Å². The normalized spacial score (nSPS) is 23.6. The number of aliphatic hydroxyl groups is 1. The average molecular weight is 198 g/mol. The van der Waals surface area contributed by atoms with E-state index in [1.165, 1.54) is 0 Å². The second-order valence-corrected chi connectivity index (χ2v) is 3.39. The Bertz CT molecular complexity index is 301. The van der Waals surface area contributed by atoms with E-state index in [0.29, 0.717) is 19.8 Å². The Morgan fingerprint density at radius 3 is 3.21 bits per heavy atom. The molecule has 0 spiro atoms. The van der Waals surface area contributed by atoms with Crippen molar-refractivity contribution in [2.45, 2.75) is 6.10 Å². The number of aryl methyl sites for hydroxylation is 1. The molecule has 1 unspecified atom stereocenters. The van der Waals surface area contributed by atoms with E-state index in [-0.39, 0.29) is 0 Å². The van der Waals surface area contributed by atoms with Gasteiger partial charge in [0.1, 0.15) is 5.82 Å². The Labute approximate surface area is 82.1 Å². The van der Waals surface area contributed by atoms with Crippen LogP contribution in [0.2, 0.25) is 0 Å². The molecule has 6 nitrogen and oxygen atoms in total. The van der Waals surface area contributed by atoms with Crippen molar-refractivity contribution in [2.75, 3.05) is 31.2 Å². The summed E-state index contributed by atoms with van der Waals surface area (Å²) in [6.07, 6.45) is 1.25. The highest BCUT2D eigenvalue weighted by molar-refractivity contribution is 5.36. The lowest BCUT2D eigenvalue weighted by molar-refractivity contribution is 0.0597. The van der Waals surface area contributed by atoms with Crippen molar-refractivity contribution in [3.8, 4) is 0 Å². The first-order chi connectivity index (χ1) is 6.77. The molecule has 0 aromatic carbocycles. The highest BCUT2D eigenvalue weighted by atomic mass is 16.5. The van der Waals surface area contributed by atoms with Crippen LogP contribution in [0.3, 0.4) is 0 Å². The van der Waals surface area contributed by atoms with E-state index in [1.807, 2.05) is 11.9 Å². The van der Waals surface area contributed by atoms with Crippen molar-refractivity contribution >= 4 is 5.82 Å². The standard InChI is InChI=1S/C8H14N4O2/c1-11-8(4-9-10-11)12-2-3-14-6-7(13)5-12/h4,7,13H,2-3,5-6H2,1H3. The van der Waals surface area contributed by atoms with E-state index in [0.717, 1.165) is 12.4 Å². The monoisotopic (exact) mass is 198 g/mol. The molecule has 0 saturated carbocycles. The number of ether oxygens (including phenoxy) is 1.